The summed E-state index contributed by atoms with van der Waals surface area (Å²) in [5.41, 5.74) is 12.6. The van der Waals surface area contributed by atoms with Crippen molar-refractivity contribution >= 4 is 47.3 Å². The number of aliphatic carboxylic acids is 1. The number of hydrogen-bond donors (Lipinski definition) is 9. The van der Waals surface area contributed by atoms with E-state index in [1.807, 2.05) is 44.2 Å². The zero-order valence-corrected chi connectivity index (χ0v) is 39.1. The number of hydrogen-bond acceptors (Lipinski definition) is 9. The molecule has 0 spiro atoms. The third kappa shape index (κ3) is 24.4. The van der Waals surface area contributed by atoms with Crippen LogP contribution in [0.5, 0.6) is 0 Å². The lowest BCUT2D eigenvalue weighted by Crippen LogP contribution is -2.58. The number of carbonyl (C=O) groups excluding carboxylic acids is 7. The second-order valence-electron chi connectivity index (χ2n) is 17.6. The van der Waals surface area contributed by atoms with Gasteiger partial charge in [0, 0.05) is 19.3 Å². The Morgan fingerprint density at radius 1 is 0.530 bits per heavy atom. The second kappa shape index (κ2) is 31.9. The van der Waals surface area contributed by atoms with E-state index in [9.17, 15) is 48.6 Å². The van der Waals surface area contributed by atoms with Crippen LogP contribution in [-0.4, -0.2) is 93.8 Å². The van der Waals surface area contributed by atoms with Crippen LogP contribution >= 0.6 is 0 Å². The zero-order valence-electron chi connectivity index (χ0n) is 39.1. The number of carboxylic acid groups (broad SMARTS) is 1. The van der Waals surface area contributed by atoms with Crippen molar-refractivity contribution in [2.75, 3.05) is 0 Å². The minimum atomic E-state index is -1.28. The predicted octanol–water partition coefficient (Wildman–Crippen LogP) is 3.62. The smallest absolute Gasteiger partial charge is 0.326 e. The first-order chi connectivity index (χ1) is 31.5. The van der Waals surface area contributed by atoms with Crippen LogP contribution in [0.3, 0.4) is 0 Å². The SMILES string of the molecule is CC(C)C[C@H](NC(=O)[C@@H](NC(=O)CCCCCCCCCCCCCCC(=O)N[C@@H](CC(N)=O)C(=O)N[C@@H](Cc1ccccc1)C(=O)O)[C@@H](C)O)C(=O)N[C@@H](CCc1ccccc1)C(N)=O. The van der Waals surface area contributed by atoms with Crippen LogP contribution in [0, 0.1) is 5.92 Å². The number of carboxylic acids is 1. The van der Waals surface area contributed by atoms with Gasteiger partial charge in [-0.3, -0.25) is 33.6 Å². The molecule has 0 fully saturated rings. The van der Waals surface area contributed by atoms with E-state index in [4.69, 9.17) is 11.5 Å². The summed E-state index contributed by atoms with van der Waals surface area (Å²) in [5, 5.41) is 33.0. The second-order valence-corrected chi connectivity index (χ2v) is 17.6. The topological polar surface area (TPSA) is 289 Å². The van der Waals surface area contributed by atoms with Crippen molar-refractivity contribution in [3.8, 4) is 0 Å². The Balaban J connectivity index is 1.62. The molecular weight excluding hydrogens is 847 g/mol. The van der Waals surface area contributed by atoms with E-state index in [-0.39, 0.29) is 43.9 Å². The van der Waals surface area contributed by atoms with E-state index >= 15 is 0 Å². The van der Waals surface area contributed by atoms with Crippen LogP contribution in [0.15, 0.2) is 60.7 Å². The Morgan fingerprint density at radius 3 is 1.42 bits per heavy atom. The predicted molar refractivity (Wildman–Crippen MR) is 251 cm³/mol. The highest BCUT2D eigenvalue weighted by Gasteiger charge is 2.32. The number of aliphatic hydroxyl groups is 1. The van der Waals surface area contributed by atoms with Gasteiger partial charge in [0.15, 0.2) is 0 Å². The van der Waals surface area contributed by atoms with E-state index < -0.39 is 84.1 Å². The van der Waals surface area contributed by atoms with E-state index in [1.165, 1.54) is 6.92 Å². The summed E-state index contributed by atoms with van der Waals surface area (Å²) in [6, 6.07) is 12.5. The summed E-state index contributed by atoms with van der Waals surface area (Å²) >= 11 is 0. The number of unbranched alkanes of at least 4 members (excludes halogenated alkanes) is 11. The number of benzene rings is 2. The number of nitrogens with one attached hydrogen (secondary N) is 5. The van der Waals surface area contributed by atoms with E-state index in [2.05, 4.69) is 26.6 Å². The first kappa shape index (κ1) is 56.3. The molecule has 7 amide bonds. The van der Waals surface area contributed by atoms with Crippen molar-refractivity contribution in [3.63, 3.8) is 0 Å². The third-order valence-electron chi connectivity index (χ3n) is 11.2. The fourth-order valence-corrected chi connectivity index (χ4v) is 7.47. The van der Waals surface area contributed by atoms with Gasteiger partial charge in [0.2, 0.25) is 41.4 Å². The van der Waals surface area contributed by atoms with Crippen LogP contribution in [0.1, 0.15) is 141 Å². The highest BCUT2D eigenvalue weighted by Crippen LogP contribution is 2.14. The molecule has 6 atom stereocenters. The van der Waals surface area contributed by atoms with Gasteiger partial charge in [0.25, 0.3) is 0 Å². The van der Waals surface area contributed by atoms with Gasteiger partial charge >= 0.3 is 5.97 Å². The maximum atomic E-state index is 13.3. The Morgan fingerprint density at radius 2 is 0.970 bits per heavy atom. The van der Waals surface area contributed by atoms with Gasteiger partial charge in [0.05, 0.1) is 12.5 Å². The molecule has 0 unspecified atom stereocenters. The van der Waals surface area contributed by atoms with Crippen LogP contribution in [-0.2, 0) is 51.2 Å². The lowest BCUT2D eigenvalue weighted by atomic mass is 10.0. The van der Waals surface area contributed by atoms with Crippen molar-refractivity contribution in [3.05, 3.63) is 71.8 Å². The first-order valence-electron chi connectivity index (χ1n) is 23.5. The average molecular weight is 922 g/mol. The fraction of sp³-hybridized carbons (Fsp3) is 0.592. The number of carbonyl (C=O) groups is 8. The average Bonchev–Trinajstić information content (AvgIpc) is 3.26. The molecule has 0 aromatic heterocycles. The van der Waals surface area contributed by atoms with Crippen molar-refractivity contribution in [2.45, 2.75) is 179 Å². The molecule has 2 aromatic carbocycles. The maximum Gasteiger partial charge on any atom is 0.326 e. The Kier molecular flexibility index (Phi) is 27.2. The maximum absolute atomic E-state index is 13.3. The summed E-state index contributed by atoms with van der Waals surface area (Å²) in [5.74, 6) is -5.59. The summed E-state index contributed by atoms with van der Waals surface area (Å²) in [6.45, 7) is 5.16. The molecule has 0 saturated carbocycles. The van der Waals surface area contributed by atoms with Gasteiger partial charge in [0.1, 0.15) is 30.2 Å². The minimum absolute atomic E-state index is 0.000465. The van der Waals surface area contributed by atoms with Crippen molar-refractivity contribution < 1.29 is 48.6 Å². The van der Waals surface area contributed by atoms with Crippen molar-refractivity contribution in [1.82, 2.24) is 26.6 Å². The van der Waals surface area contributed by atoms with Crippen LogP contribution in [0.2, 0.25) is 0 Å². The van der Waals surface area contributed by atoms with Crippen LogP contribution < -0.4 is 38.1 Å². The van der Waals surface area contributed by atoms with E-state index in [0.29, 0.717) is 24.8 Å². The third-order valence-corrected chi connectivity index (χ3v) is 11.2. The molecule has 0 aliphatic carbocycles. The Bertz CT molecular complexity index is 1810. The molecular formula is C49H75N7O10. The largest absolute Gasteiger partial charge is 0.480 e. The van der Waals surface area contributed by atoms with Crippen LogP contribution in [0.25, 0.3) is 0 Å². The number of primary amides is 2. The number of rotatable bonds is 35. The quantitative estimate of drug-likeness (QED) is 0.0453. The van der Waals surface area contributed by atoms with Crippen molar-refractivity contribution in [2.24, 2.45) is 17.4 Å². The normalized spacial score (nSPS) is 13.8. The molecule has 17 heteroatoms. The van der Waals surface area contributed by atoms with Gasteiger partial charge in [-0.1, -0.05) is 139 Å². The summed E-state index contributed by atoms with van der Waals surface area (Å²) < 4.78 is 0. The highest BCUT2D eigenvalue weighted by atomic mass is 16.4. The number of nitrogens with two attached hydrogens (primary N) is 2. The molecule has 17 nitrogen and oxygen atoms in total. The number of aliphatic hydroxyl groups excluding tert-OH is 1. The minimum Gasteiger partial charge on any atom is -0.480 e. The molecule has 0 bridgehead atoms. The molecule has 11 N–H and O–H groups in total. The Labute approximate surface area is 389 Å². The standard InChI is InChI=1S/C49H75N7O10/c1-33(2)30-38(46(62)53-37(45(51)61)29-28-35-22-16-14-17-23-35)54-48(64)44(34(3)57)56-43(60)27-21-13-11-9-7-5-4-6-8-10-12-20-26-42(59)52-39(32-41(50)58)47(63)55-40(49(65)66)31-36-24-18-15-19-25-36/h14-19,22-25,33-34,37-40,44,57H,4-13,20-21,26-32H2,1-3H3,(H2,50,58)(H2,51,61)(H,52,59)(H,53,62)(H,54,64)(H,55,63)(H,56,60)(H,65,66)/t34-,37+,38+,39+,40+,44+/m1/s1. The monoisotopic (exact) mass is 922 g/mol. The molecule has 0 saturated heterocycles. The first-order valence-corrected chi connectivity index (χ1v) is 23.5. The summed E-state index contributed by atoms with van der Waals surface area (Å²) in [6.07, 6.45) is 10.8. The summed E-state index contributed by atoms with van der Waals surface area (Å²) in [4.78, 5) is 101. The number of aryl methyl sites for hydroxylation is 1. The zero-order chi connectivity index (χ0) is 48.9. The fourth-order valence-electron chi connectivity index (χ4n) is 7.47. The van der Waals surface area contributed by atoms with Gasteiger partial charge in [-0.15, -0.1) is 0 Å². The molecule has 2 aromatic rings. The van der Waals surface area contributed by atoms with E-state index in [0.717, 1.165) is 69.8 Å². The van der Waals surface area contributed by atoms with Gasteiger partial charge in [-0.05, 0) is 56.1 Å². The van der Waals surface area contributed by atoms with Crippen molar-refractivity contribution in [1.29, 1.82) is 0 Å². The van der Waals surface area contributed by atoms with Gasteiger partial charge < -0.3 is 48.3 Å². The molecule has 0 radical (unpaired) electrons. The molecule has 0 heterocycles. The molecule has 366 valence electrons. The lowest BCUT2D eigenvalue weighted by molar-refractivity contribution is -0.142. The van der Waals surface area contributed by atoms with E-state index in [1.54, 1.807) is 30.3 Å². The molecule has 66 heavy (non-hydrogen) atoms. The molecule has 2 rings (SSSR count). The Hall–Kier alpha value is -5.84. The highest BCUT2D eigenvalue weighted by molar-refractivity contribution is 5.95. The van der Waals surface area contributed by atoms with Gasteiger partial charge in [-0.25, -0.2) is 4.79 Å². The molecule has 0 aliphatic rings. The van der Waals surface area contributed by atoms with Gasteiger partial charge in [-0.2, -0.15) is 0 Å². The number of amides is 7. The molecule has 0 aliphatic heterocycles. The summed E-state index contributed by atoms with van der Waals surface area (Å²) in [7, 11) is 0. The van der Waals surface area contributed by atoms with Crippen LogP contribution in [0.4, 0.5) is 0 Å². The lowest BCUT2D eigenvalue weighted by Gasteiger charge is -2.26.